The van der Waals surface area contributed by atoms with Crippen LogP contribution in [-0.4, -0.2) is 46.4 Å². The molecule has 1 saturated carbocycles. The van der Waals surface area contributed by atoms with Crippen molar-refractivity contribution in [3.05, 3.63) is 65.7 Å². The number of rotatable bonds is 7. The molecule has 31 heavy (non-hydrogen) atoms. The van der Waals surface area contributed by atoms with Crippen LogP contribution < -0.4 is 10.1 Å². The molecule has 1 N–H and O–H groups in total. The molecule has 8 nitrogen and oxygen atoms in total. The van der Waals surface area contributed by atoms with Crippen LogP contribution in [0.3, 0.4) is 0 Å². The average molecular weight is 425 g/mol. The molecule has 0 unspecified atom stereocenters. The van der Waals surface area contributed by atoms with Gasteiger partial charge in [0, 0.05) is 24.1 Å². The minimum Gasteiger partial charge on any atom is -0.496 e. The van der Waals surface area contributed by atoms with Gasteiger partial charge in [0.25, 0.3) is 0 Å². The predicted molar refractivity (Wildman–Crippen MR) is 110 cm³/mol. The van der Waals surface area contributed by atoms with E-state index in [2.05, 4.69) is 20.8 Å². The number of nitrogens with one attached hydrogen (secondary N) is 1. The van der Waals surface area contributed by atoms with Gasteiger partial charge in [-0.25, -0.2) is 9.07 Å². The van der Waals surface area contributed by atoms with E-state index in [0.29, 0.717) is 13.0 Å². The molecule has 1 aliphatic carbocycles. The molecule has 1 aromatic heterocycles. The van der Waals surface area contributed by atoms with E-state index in [1.165, 1.54) is 25.6 Å². The lowest BCUT2D eigenvalue weighted by atomic mass is 9.86. The fourth-order valence-corrected chi connectivity index (χ4v) is 4.36. The summed E-state index contributed by atoms with van der Waals surface area (Å²) in [7, 11) is 3.03. The normalized spacial score (nSPS) is 20.5. The van der Waals surface area contributed by atoms with E-state index in [0.717, 1.165) is 29.0 Å². The summed E-state index contributed by atoms with van der Waals surface area (Å²) >= 11 is 0. The van der Waals surface area contributed by atoms with Crippen LogP contribution in [0.15, 0.2) is 48.8 Å². The molecule has 162 valence electrons. The van der Waals surface area contributed by atoms with Gasteiger partial charge < -0.3 is 14.8 Å². The number of benzene rings is 2. The van der Waals surface area contributed by atoms with Gasteiger partial charge in [0.1, 0.15) is 17.9 Å². The molecule has 9 heteroatoms. The molecule has 0 bridgehead atoms. The van der Waals surface area contributed by atoms with Crippen molar-refractivity contribution >= 4 is 5.97 Å². The maximum absolute atomic E-state index is 13.5. The molecule has 0 radical (unpaired) electrons. The summed E-state index contributed by atoms with van der Waals surface area (Å²) in [6.45, 7) is 0.523. The standard InChI is InChI=1S/C22H24FN5O3/c1-30-20-10-7-17(28-13-25-26-27-28)11-15(20)12-24-19-9-8-18(22(29)31-2)21(19)14-3-5-16(23)6-4-14/h3-7,10-11,13,18-19,21,24H,8-9,12H2,1-2H3/t18-,19+,21+/m1/s1. The second kappa shape index (κ2) is 9.22. The van der Waals surface area contributed by atoms with Gasteiger partial charge in [-0.2, -0.15) is 0 Å². The summed E-state index contributed by atoms with van der Waals surface area (Å²) in [6, 6.07) is 12.1. The van der Waals surface area contributed by atoms with Crippen molar-refractivity contribution in [1.29, 1.82) is 0 Å². The van der Waals surface area contributed by atoms with Crippen molar-refractivity contribution in [3.63, 3.8) is 0 Å². The van der Waals surface area contributed by atoms with Gasteiger partial charge in [-0.1, -0.05) is 12.1 Å². The van der Waals surface area contributed by atoms with Crippen molar-refractivity contribution in [2.45, 2.75) is 31.3 Å². The Morgan fingerprint density at radius 3 is 2.68 bits per heavy atom. The fraction of sp³-hybridized carbons (Fsp3) is 0.364. The van der Waals surface area contributed by atoms with E-state index in [1.807, 2.05) is 18.2 Å². The minimum absolute atomic E-state index is 0.0240. The number of tetrazole rings is 1. The molecule has 4 rings (SSSR count). The lowest BCUT2D eigenvalue weighted by Crippen LogP contribution is -2.34. The number of hydrogen-bond donors (Lipinski definition) is 1. The number of aromatic nitrogens is 4. The number of hydrogen-bond acceptors (Lipinski definition) is 7. The third-order valence-electron chi connectivity index (χ3n) is 5.85. The van der Waals surface area contributed by atoms with Crippen LogP contribution in [0.2, 0.25) is 0 Å². The first-order valence-corrected chi connectivity index (χ1v) is 10.1. The number of halogens is 1. The second-order valence-corrected chi connectivity index (χ2v) is 7.52. The largest absolute Gasteiger partial charge is 0.496 e. The molecule has 0 amide bonds. The molecule has 3 aromatic rings. The third kappa shape index (κ3) is 4.41. The van der Waals surface area contributed by atoms with Gasteiger partial charge >= 0.3 is 5.97 Å². The highest BCUT2D eigenvalue weighted by molar-refractivity contribution is 5.74. The molecule has 2 aromatic carbocycles. The second-order valence-electron chi connectivity index (χ2n) is 7.52. The fourth-order valence-electron chi connectivity index (χ4n) is 4.36. The van der Waals surface area contributed by atoms with Crippen molar-refractivity contribution < 1.29 is 18.7 Å². The zero-order valence-corrected chi connectivity index (χ0v) is 17.4. The number of esters is 1. The molecule has 0 saturated heterocycles. The molecule has 0 aliphatic heterocycles. The average Bonchev–Trinajstić information content (AvgIpc) is 3.48. The van der Waals surface area contributed by atoms with Crippen molar-refractivity contribution in [2.75, 3.05) is 14.2 Å². The number of carbonyl (C=O) groups is 1. The number of methoxy groups -OCH3 is 2. The van der Waals surface area contributed by atoms with E-state index in [1.54, 1.807) is 23.9 Å². The summed E-state index contributed by atoms with van der Waals surface area (Å²) in [5.41, 5.74) is 2.67. The lowest BCUT2D eigenvalue weighted by Gasteiger charge is -2.25. The highest BCUT2D eigenvalue weighted by Gasteiger charge is 2.41. The number of ether oxygens (including phenoxy) is 2. The first-order valence-electron chi connectivity index (χ1n) is 10.1. The smallest absolute Gasteiger partial charge is 0.309 e. The Morgan fingerprint density at radius 1 is 1.19 bits per heavy atom. The summed E-state index contributed by atoms with van der Waals surface area (Å²) in [4.78, 5) is 12.4. The molecule has 0 spiro atoms. The SMILES string of the molecule is COC(=O)[C@@H]1CC[C@H](NCc2cc(-n3cnnn3)ccc2OC)[C@H]1c1ccc(F)cc1. The van der Waals surface area contributed by atoms with Gasteiger partial charge in [0.2, 0.25) is 0 Å². The van der Waals surface area contributed by atoms with Gasteiger partial charge in [-0.3, -0.25) is 4.79 Å². The molecule has 1 fully saturated rings. The summed E-state index contributed by atoms with van der Waals surface area (Å²) in [5.74, 6) is -0.184. The van der Waals surface area contributed by atoms with E-state index < -0.39 is 0 Å². The highest BCUT2D eigenvalue weighted by Crippen LogP contribution is 2.41. The van der Waals surface area contributed by atoms with Crippen LogP contribution in [0, 0.1) is 11.7 Å². The minimum atomic E-state index is -0.301. The van der Waals surface area contributed by atoms with Crippen LogP contribution >= 0.6 is 0 Å². The zero-order chi connectivity index (χ0) is 21.8. The molecule has 1 aliphatic rings. The molecular weight excluding hydrogens is 401 g/mol. The van der Waals surface area contributed by atoms with E-state index in [-0.39, 0.29) is 29.7 Å². The zero-order valence-electron chi connectivity index (χ0n) is 17.4. The number of nitrogens with zero attached hydrogens (tertiary/aromatic N) is 4. The van der Waals surface area contributed by atoms with Crippen molar-refractivity contribution in [3.8, 4) is 11.4 Å². The third-order valence-corrected chi connectivity index (χ3v) is 5.85. The van der Waals surface area contributed by atoms with E-state index in [9.17, 15) is 9.18 Å². The first kappa shape index (κ1) is 20.9. The Labute approximate surface area is 179 Å². The van der Waals surface area contributed by atoms with E-state index >= 15 is 0 Å². The van der Waals surface area contributed by atoms with Crippen LogP contribution in [0.25, 0.3) is 5.69 Å². The summed E-state index contributed by atoms with van der Waals surface area (Å²) < 4.78 is 25.6. The Hall–Kier alpha value is -3.33. The van der Waals surface area contributed by atoms with Crippen LogP contribution in [0.1, 0.15) is 29.9 Å². The topological polar surface area (TPSA) is 91.2 Å². The van der Waals surface area contributed by atoms with Crippen LogP contribution in [-0.2, 0) is 16.1 Å². The first-order chi connectivity index (χ1) is 15.1. The Bertz CT molecular complexity index is 1030. The highest BCUT2D eigenvalue weighted by atomic mass is 19.1. The Kier molecular flexibility index (Phi) is 6.22. The number of carbonyl (C=O) groups excluding carboxylic acids is 1. The molecular formula is C22H24FN5O3. The predicted octanol–water partition coefficient (Wildman–Crippen LogP) is 2.63. The molecule has 1 heterocycles. The monoisotopic (exact) mass is 425 g/mol. The summed E-state index contributed by atoms with van der Waals surface area (Å²) in [5, 5.41) is 14.9. The van der Waals surface area contributed by atoms with Gasteiger partial charge in [-0.15, -0.1) is 5.10 Å². The summed E-state index contributed by atoms with van der Waals surface area (Å²) in [6.07, 6.45) is 3.03. The lowest BCUT2D eigenvalue weighted by molar-refractivity contribution is -0.145. The Morgan fingerprint density at radius 2 is 2.00 bits per heavy atom. The Balaban J connectivity index is 1.57. The van der Waals surface area contributed by atoms with Crippen LogP contribution in [0.5, 0.6) is 5.75 Å². The van der Waals surface area contributed by atoms with E-state index in [4.69, 9.17) is 9.47 Å². The van der Waals surface area contributed by atoms with Gasteiger partial charge in [0.05, 0.1) is 25.8 Å². The van der Waals surface area contributed by atoms with Crippen molar-refractivity contribution in [1.82, 2.24) is 25.5 Å². The maximum Gasteiger partial charge on any atom is 0.309 e. The quantitative estimate of drug-likeness (QED) is 0.582. The molecule has 3 atom stereocenters. The maximum atomic E-state index is 13.5. The van der Waals surface area contributed by atoms with Crippen molar-refractivity contribution in [2.24, 2.45) is 5.92 Å². The van der Waals surface area contributed by atoms with Gasteiger partial charge in [-0.05, 0) is 59.2 Å². The van der Waals surface area contributed by atoms with Gasteiger partial charge in [0.15, 0.2) is 0 Å². The van der Waals surface area contributed by atoms with Crippen LogP contribution in [0.4, 0.5) is 4.39 Å².